The van der Waals surface area contributed by atoms with Gasteiger partial charge in [-0.05, 0) is 23.6 Å². The molecule has 0 radical (unpaired) electrons. The topological polar surface area (TPSA) is 9.23 Å². The molecule has 80 valence electrons. The van der Waals surface area contributed by atoms with E-state index in [0.29, 0.717) is 0 Å². The molecule has 1 aromatic heterocycles. The summed E-state index contributed by atoms with van der Waals surface area (Å²) >= 11 is 1.66. The van der Waals surface area contributed by atoms with Crippen LogP contribution in [0.25, 0.3) is 0 Å². The van der Waals surface area contributed by atoms with Gasteiger partial charge in [-0.1, -0.05) is 36.1 Å². The molecule has 0 aliphatic carbocycles. The second-order valence-electron chi connectivity index (χ2n) is 3.27. The molecule has 2 rings (SSSR count). The van der Waals surface area contributed by atoms with Gasteiger partial charge in [0, 0.05) is 17.6 Å². The standard InChI is InChI=1S/C14H12OS/c1-15-13(14-8-5-11-16-14)10-9-12-6-3-2-4-7-12/h2-8,11,13H,1H3. The normalized spacial score (nSPS) is 11.6. The number of ether oxygens (including phenoxy) is 1. The molecule has 0 aliphatic rings. The van der Waals surface area contributed by atoms with E-state index in [1.54, 1.807) is 18.4 Å². The number of rotatable bonds is 2. The molecule has 0 fully saturated rings. The predicted molar refractivity (Wildman–Crippen MR) is 67.4 cm³/mol. The van der Waals surface area contributed by atoms with E-state index in [1.807, 2.05) is 47.8 Å². The number of thiophene rings is 1. The molecule has 0 spiro atoms. The Morgan fingerprint density at radius 2 is 1.94 bits per heavy atom. The van der Waals surface area contributed by atoms with E-state index in [-0.39, 0.29) is 6.10 Å². The minimum Gasteiger partial charge on any atom is -0.363 e. The van der Waals surface area contributed by atoms with E-state index in [1.165, 1.54) is 0 Å². The van der Waals surface area contributed by atoms with Gasteiger partial charge in [-0.25, -0.2) is 0 Å². The summed E-state index contributed by atoms with van der Waals surface area (Å²) in [6.07, 6.45) is -0.125. The molecule has 1 aromatic carbocycles. The third kappa shape index (κ3) is 2.73. The van der Waals surface area contributed by atoms with E-state index >= 15 is 0 Å². The molecule has 1 nitrogen and oxygen atoms in total. The summed E-state index contributed by atoms with van der Waals surface area (Å²) in [5, 5.41) is 2.03. The molecule has 16 heavy (non-hydrogen) atoms. The van der Waals surface area contributed by atoms with Crippen molar-refractivity contribution in [3.05, 3.63) is 58.3 Å². The monoisotopic (exact) mass is 228 g/mol. The Balaban J connectivity index is 2.17. The summed E-state index contributed by atoms with van der Waals surface area (Å²) in [6.45, 7) is 0. The van der Waals surface area contributed by atoms with Crippen LogP contribution in [0.1, 0.15) is 16.5 Å². The van der Waals surface area contributed by atoms with E-state index in [4.69, 9.17) is 4.74 Å². The van der Waals surface area contributed by atoms with E-state index in [9.17, 15) is 0 Å². The Morgan fingerprint density at radius 1 is 1.12 bits per heavy atom. The van der Waals surface area contributed by atoms with Gasteiger partial charge in [-0.15, -0.1) is 11.3 Å². The molecule has 0 amide bonds. The first-order chi connectivity index (χ1) is 7.90. The van der Waals surface area contributed by atoms with Gasteiger partial charge >= 0.3 is 0 Å². The molecule has 0 bridgehead atoms. The van der Waals surface area contributed by atoms with Gasteiger partial charge < -0.3 is 4.74 Å². The fourth-order valence-corrected chi connectivity index (χ4v) is 2.11. The summed E-state index contributed by atoms with van der Waals surface area (Å²) in [6, 6.07) is 14.0. The Bertz CT molecular complexity index is 476. The maximum absolute atomic E-state index is 5.35. The van der Waals surface area contributed by atoms with Gasteiger partial charge in [-0.2, -0.15) is 0 Å². The highest BCUT2D eigenvalue weighted by atomic mass is 32.1. The smallest absolute Gasteiger partial charge is 0.152 e. The van der Waals surface area contributed by atoms with E-state index < -0.39 is 0 Å². The highest BCUT2D eigenvalue weighted by molar-refractivity contribution is 7.10. The second-order valence-corrected chi connectivity index (χ2v) is 4.25. The first-order valence-corrected chi connectivity index (χ1v) is 5.91. The van der Waals surface area contributed by atoms with Crippen LogP contribution in [0.4, 0.5) is 0 Å². The summed E-state index contributed by atoms with van der Waals surface area (Å²) in [7, 11) is 1.68. The summed E-state index contributed by atoms with van der Waals surface area (Å²) < 4.78 is 5.35. The minimum absolute atomic E-state index is 0.125. The van der Waals surface area contributed by atoms with Crippen molar-refractivity contribution in [1.82, 2.24) is 0 Å². The first kappa shape index (κ1) is 10.9. The van der Waals surface area contributed by atoms with Crippen LogP contribution >= 0.6 is 11.3 Å². The van der Waals surface area contributed by atoms with Gasteiger partial charge in [0.05, 0.1) is 0 Å². The molecule has 0 saturated heterocycles. The Labute approximate surface area is 99.7 Å². The summed E-state index contributed by atoms with van der Waals surface area (Å²) in [5.41, 5.74) is 1.01. The van der Waals surface area contributed by atoms with Crippen LogP contribution in [0, 0.1) is 11.8 Å². The van der Waals surface area contributed by atoms with Crippen LogP contribution < -0.4 is 0 Å². The summed E-state index contributed by atoms with van der Waals surface area (Å²) in [5.74, 6) is 6.24. The molecular weight excluding hydrogens is 216 g/mol. The molecule has 2 aromatic rings. The van der Waals surface area contributed by atoms with Gasteiger partial charge in [0.2, 0.25) is 0 Å². The van der Waals surface area contributed by atoms with E-state index in [0.717, 1.165) is 10.4 Å². The van der Waals surface area contributed by atoms with Crippen molar-refractivity contribution in [2.75, 3.05) is 7.11 Å². The molecule has 1 atom stereocenters. The van der Waals surface area contributed by atoms with Crippen molar-refractivity contribution in [1.29, 1.82) is 0 Å². The zero-order chi connectivity index (χ0) is 11.2. The molecular formula is C14H12OS. The number of hydrogen-bond donors (Lipinski definition) is 0. The van der Waals surface area contributed by atoms with E-state index in [2.05, 4.69) is 11.8 Å². The molecule has 0 aliphatic heterocycles. The lowest BCUT2D eigenvalue weighted by molar-refractivity contribution is 0.153. The molecule has 1 unspecified atom stereocenters. The van der Waals surface area contributed by atoms with Crippen molar-refractivity contribution in [3.8, 4) is 11.8 Å². The highest BCUT2D eigenvalue weighted by Crippen LogP contribution is 2.20. The average molecular weight is 228 g/mol. The van der Waals surface area contributed by atoms with Gasteiger partial charge in [0.15, 0.2) is 6.10 Å². The van der Waals surface area contributed by atoms with Crippen molar-refractivity contribution in [2.45, 2.75) is 6.10 Å². The molecule has 0 saturated carbocycles. The third-order valence-corrected chi connectivity index (χ3v) is 3.07. The molecule has 1 heterocycles. The maximum Gasteiger partial charge on any atom is 0.152 e. The van der Waals surface area contributed by atoms with Crippen LogP contribution in [-0.2, 0) is 4.74 Å². The van der Waals surface area contributed by atoms with Crippen LogP contribution in [0.5, 0.6) is 0 Å². The lowest BCUT2D eigenvalue weighted by Crippen LogP contribution is -1.94. The van der Waals surface area contributed by atoms with Crippen LogP contribution in [-0.4, -0.2) is 7.11 Å². The maximum atomic E-state index is 5.35. The van der Waals surface area contributed by atoms with Crippen molar-refractivity contribution in [2.24, 2.45) is 0 Å². The number of hydrogen-bond acceptors (Lipinski definition) is 2. The first-order valence-electron chi connectivity index (χ1n) is 5.03. The Hall–Kier alpha value is -1.56. The molecule has 0 N–H and O–H groups in total. The fourth-order valence-electron chi connectivity index (χ4n) is 1.36. The fraction of sp³-hybridized carbons (Fsp3) is 0.143. The van der Waals surface area contributed by atoms with Crippen molar-refractivity contribution in [3.63, 3.8) is 0 Å². The SMILES string of the molecule is COC(C#Cc1ccccc1)c1cccs1. The quantitative estimate of drug-likeness (QED) is 0.715. The number of benzene rings is 1. The van der Waals surface area contributed by atoms with Gasteiger partial charge in [-0.3, -0.25) is 0 Å². The van der Waals surface area contributed by atoms with Crippen LogP contribution in [0.15, 0.2) is 47.8 Å². The predicted octanol–water partition coefficient (Wildman–Crippen LogP) is 3.49. The minimum atomic E-state index is -0.125. The largest absolute Gasteiger partial charge is 0.363 e. The zero-order valence-electron chi connectivity index (χ0n) is 9.01. The zero-order valence-corrected chi connectivity index (χ0v) is 9.83. The number of methoxy groups -OCH3 is 1. The lowest BCUT2D eigenvalue weighted by Gasteiger charge is -2.04. The van der Waals surface area contributed by atoms with Crippen LogP contribution in [0.2, 0.25) is 0 Å². The lowest BCUT2D eigenvalue weighted by atomic mass is 10.2. The molecule has 2 heteroatoms. The Kier molecular flexibility index (Phi) is 3.76. The van der Waals surface area contributed by atoms with Gasteiger partial charge in [0.25, 0.3) is 0 Å². The summed E-state index contributed by atoms with van der Waals surface area (Å²) in [4.78, 5) is 1.14. The van der Waals surface area contributed by atoms with Crippen LogP contribution in [0.3, 0.4) is 0 Å². The average Bonchev–Trinajstić information content (AvgIpc) is 2.85. The highest BCUT2D eigenvalue weighted by Gasteiger charge is 2.06. The van der Waals surface area contributed by atoms with Crippen molar-refractivity contribution >= 4 is 11.3 Å². The third-order valence-electron chi connectivity index (χ3n) is 2.16. The Morgan fingerprint density at radius 3 is 2.56 bits per heavy atom. The van der Waals surface area contributed by atoms with Crippen molar-refractivity contribution < 1.29 is 4.74 Å². The second kappa shape index (κ2) is 5.50. The van der Waals surface area contributed by atoms with Gasteiger partial charge in [0.1, 0.15) is 0 Å².